The zero-order valence-electron chi connectivity index (χ0n) is 13.7. The molecule has 0 amide bonds. The van der Waals surface area contributed by atoms with Crippen LogP contribution in [0.3, 0.4) is 0 Å². The molecule has 0 atom stereocenters. The summed E-state index contributed by atoms with van der Waals surface area (Å²) in [6.45, 7) is 1.16. The SMILES string of the molecule is COCc1nc(NCc2cccs2)c2c(-c3ccccc3)csc2n1. The summed E-state index contributed by atoms with van der Waals surface area (Å²) >= 11 is 3.38. The number of thiophene rings is 2. The molecule has 126 valence electrons. The molecule has 0 aliphatic carbocycles. The van der Waals surface area contributed by atoms with Crippen LogP contribution >= 0.6 is 22.7 Å². The summed E-state index contributed by atoms with van der Waals surface area (Å²) in [4.78, 5) is 11.6. The molecule has 0 unspecified atom stereocenters. The van der Waals surface area contributed by atoms with Gasteiger partial charge in [0.1, 0.15) is 17.3 Å². The number of methoxy groups -OCH3 is 1. The number of rotatable bonds is 6. The van der Waals surface area contributed by atoms with Crippen molar-refractivity contribution in [3.8, 4) is 11.1 Å². The molecular weight excluding hydrogens is 350 g/mol. The number of anilines is 1. The van der Waals surface area contributed by atoms with Gasteiger partial charge >= 0.3 is 0 Å². The molecule has 0 fully saturated rings. The van der Waals surface area contributed by atoms with Gasteiger partial charge in [-0.3, -0.25) is 0 Å². The van der Waals surface area contributed by atoms with Crippen molar-refractivity contribution in [1.29, 1.82) is 0 Å². The van der Waals surface area contributed by atoms with Crippen LogP contribution in [-0.4, -0.2) is 17.1 Å². The Hall–Kier alpha value is -2.28. The summed E-state index contributed by atoms with van der Waals surface area (Å²) < 4.78 is 5.23. The number of fused-ring (bicyclic) bond motifs is 1. The first kappa shape index (κ1) is 16.2. The van der Waals surface area contributed by atoms with Gasteiger partial charge in [-0.1, -0.05) is 36.4 Å². The van der Waals surface area contributed by atoms with Crippen LogP contribution in [0, 0.1) is 0 Å². The third-order valence-electron chi connectivity index (χ3n) is 3.85. The number of hydrogen-bond donors (Lipinski definition) is 1. The van der Waals surface area contributed by atoms with Crippen molar-refractivity contribution in [3.05, 3.63) is 63.9 Å². The molecule has 0 radical (unpaired) electrons. The smallest absolute Gasteiger partial charge is 0.158 e. The highest BCUT2D eigenvalue weighted by Crippen LogP contribution is 2.37. The second kappa shape index (κ2) is 7.31. The molecule has 0 spiro atoms. The zero-order chi connectivity index (χ0) is 17.1. The van der Waals surface area contributed by atoms with Crippen molar-refractivity contribution < 1.29 is 4.74 Å². The van der Waals surface area contributed by atoms with Crippen LogP contribution in [0.4, 0.5) is 5.82 Å². The first-order valence-electron chi connectivity index (χ1n) is 7.94. The van der Waals surface area contributed by atoms with Gasteiger partial charge < -0.3 is 10.1 Å². The number of aromatic nitrogens is 2. The van der Waals surface area contributed by atoms with Crippen molar-refractivity contribution in [2.45, 2.75) is 13.2 Å². The summed E-state index contributed by atoms with van der Waals surface area (Å²) in [6.07, 6.45) is 0. The quantitative estimate of drug-likeness (QED) is 0.510. The number of nitrogens with one attached hydrogen (secondary N) is 1. The summed E-state index contributed by atoms with van der Waals surface area (Å²) in [5.41, 5.74) is 2.34. The van der Waals surface area contributed by atoms with Gasteiger partial charge in [-0.05, 0) is 17.0 Å². The number of hydrogen-bond acceptors (Lipinski definition) is 6. The summed E-state index contributed by atoms with van der Waals surface area (Å²) in [5, 5.41) is 8.81. The molecule has 0 aliphatic rings. The molecule has 3 aromatic heterocycles. The van der Waals surface area contributed by atoms with Gasteiger partial charge in [-0.25, -0.2) is 9.97 Å². The minimum absolute atomic E-state index is 0.405. The number of nitrogens with zero attached hydrogens (tertiary/aromatic N) is 2. The van der Waals surface area contributed by atoms with E-state index in [4.69, 9.17) is 9.72 Å². The fraction of sp³-hybridized carbons (Fsp3) is 0.158. The molecule has 1 aromatic carbocycles. The van der Waals surface area contributed by atoms with E-state index in [1.54, 1.807) is 29.8 Å². The van der Waals surface area contributed by atoms with Crippen molar-refractivity contribution >= 4 is 38.7 Å². The molecule has 0 aliphatic heterocycles. The number of benzene rings is 1. The summed E-state index contributed by atoms with van der Waals surface area (Å²) in [7, 11) is 1.66. The Balaban J connectivity index is 1.80. The fourth-order valence-corrected chi connectivity index (χ4v) is 4.33. The first-order valence-corrected chi connectivity index (χ1v) is 9.70. The largest absolute Gasteiger partial charge is 0.377 e. The lowest BCUT2D eigenvalue weighted by atomic mass is 10.1. The van der Waals surface area contributed by atoms with Gasteiger partial charge in [-0.2, -0.15) is 0 Å². The van der Waals surface area contributed by atoms with Crippen LogP contribution in [0.1, 0.15) is 10.7 Å². The Morgan fingerprint density at radius 1 is 1.04 bits per heavy atom. The number of ether oxygens (including phenoxy) is 1. The minimum Gasteiger partial charge on any atom is -0.377 e. The van der Waals surface area contributed by atoms with Crippen molar-refractivity contribution in [2.24, 2.45) is 0 Å². The molecule has 3 heterocycles. The minimum atomic E-state index is 0.405. The second-order valence-corrected chi connectivity index (χ2v) is 7.44. The van der Waals surface area contributed by atoms with Gasteiger partial charge in [0.15, 0.2) is 5.82 Å². The van der Waals surface area contributed by atoms with E-state index in [1.165, 1.54) is 16.0 Å². The van der Waals surface area contributed by atoms with E-state index < -0.39 is 0 Å². The van der Waals surface area contributed by atoms with E-state index in [0.29, 0.717) is 12.4 Å². The standard InChI is InChI=1S/C19H17N3OS2/c1-23-11-16-21-18(20-10-14-8-5-9-24-14)17-15(12-25-19(17)22-16)13-6-3-2-4-7-13/h2-9,12H,10-11H2,1H3,(H,20,21,22). The molecule has 4 aromatic rings. The average Bonchev–Trinajstić information content (AvgIpc) is 3.30. The molecule has 6 heteroatoms. The lowest BCUT2D eigenvalue weighted by Crippen LogP contribution is -2.05. The Morgan fingerprint density at radius 3 is 2.68 bits per heavy atom. The second-order valence-electron chi connectivity index (χ2n) is 5.55. The Bertz CT molecular complexity index is 965. The van der Waals surface area contributed by atoms with E-state index in [9.17, 15) is 0 Å². The van der Waals surface area contributed by atoms with Gasteiger partial charge in [0, 0.05) is 22.9 Å². The van der Waals surface area contributed by atoms with Crippen molar-refractivity contribution in [3.63, 3.8) is 0 Å². The third-order valence-corrected chi connectivity index (χ3v) is 5.60. The van der Waals surface area contributed by atoms with Crippen LogP contribution in [0.25, 0.3) is 21.3 Å². The molecule has 25 heavy (non-hydrogen) atoms. The highest BCUT2D eigenvalue weighted by Gasteiger charge is 2.15. The summed E-state index contributed by atoms with van der Waals surface area (Å²) in [6, 6.07) is 14.6. The Labute approximate surface area is 154 Å². The van der Waals surface area contributed by atoms with E-state index in [2.05, 4.69) is 57.5 Å². The monoisotopic (exact) mass is 367 g/mol. The van der Waals surface area contributed by atoms with Crippen LogP contribution < -0.4 is 5.32 Å². The lowest BCUT2D eigenvalue weighted by molar-refractivity contribution is 0.178. The van der Waals surface area contributed by atoms with Crippen molar-refractivity contribution in [1.82, 2.24) is 9.97 Å². The van der Waals surface area contributed by atoms with E-state index >= 15 is 0 Å². The van der Waals surface area contributed by atoms with E-state index in [-0.39, 0.29) is 0 Å². The maximum absolute atomic E-state index is 5.23. The fourth-order valence-electron chi connectivity index (χ4n) is 2.72. The predicted molar refractivity (Wildman–Crippen MR) is 105 cm³/mol. The van der Waals surface area contributed by atoms with Crippen LogP contribution in [-0.2, 0) is 17.9 Å². The Morgan fingerprint density at radius 2 is 1.92 bits per heavy atom. The summed E-state index contributed by atoms with van der Waals surface area (Å²) in [5.74, 6) is 1.57. The highest BCUT2D eigenvalue weighted by molar-refractivity contribution is 7.17. The molecule has 4 rings (SSSR count). The van der Waals surface area contributed by atoms with E-state index in [1.807, 2.05) is 6.07 Å². The van der Waals surface area contributed by atoms with Crippen molar-refractivity contribution in [2.75, 3.05) is 12.4 Å². The van der Waals surface area contributed by atoms with Gasteiger partial charge in [-0.15, -0.1) is 22.7 Å². The predicted octanol–water partition coefficient (Wildman–Crippen LogP) is 5.18. The molecule has 4 nitrogen and oxygen atoms in total. The van der Waals surface area contributed by atoms with E-state index in [0.717, 1.165) is 22.6 Å². The maximum atomic E-state index is 5.23. The average molecular weight is 367 g/mol. The van der Waals surface area contributed by atoms with Crippen LogP contribution in [0.15, 0.2) is 53.2 Å². The normalized spacial score (nSPS) is 11.1. The molecular formula is C19H17N3OS2. The topological polar surface area (TPSA) is 47.0 Å². The van der Waals surface area contributed by atoms with Gasteiger partial charge in [0.2, 0.25) is 0 Å². The third kappa shape index (κ3) is 3.42. The first-order chi connectivity index (χ1) is 12.3. The molecule has 0 bridgehead atoms. The zero-order valence-corrected chi connectivity index (χ0v) is 15.4. The Kier molecular flexibility index (Phi) is 4.74. The van der Waals surface area contributed by atoms with Crippen LogP contribution in [0.5, 0.6) is 0 Å². The highest BCUT2D eigenvalue weighted by atomic mass is 32.1. The molecule has 1 N–H and O–H groups in total. The molecule has 0 saturated carbocycles. The maximum Gasteiger partial charge on any atom is 0.158 e. The van der Waals surface area contributed by atoms with Crippen LogP contribution in [0.2, 0.25) is 0 Å². The lowest BCUT2D eigenvalue weighted by Gasteiger charge is -2.10. The van der Waals surface area contributed by atoms with Gasteiger partial charge in [0.25, 0.3) is 0 Å². The van der Waals surface area contributed by atoms with Gasteiger partial charge in [0.05, 0.1) is 11.9 Å². The molecule has 0 saturated heterocycles.